The Morgan fingerprint density at radius 1 is 1.39 bits per heavy atom. The third kappa shape index (κ3) is 1.95. The zero-order chi connectivity index (χ0) is 12.5. The van der Waals surface area contributed by atoms with E-state index in [2.05, 4.69) is 21.3 Å². The van der Waals surface area contributed by atoms with E-state index in [4.69, 9.17) is 0 Å². The van der Waals surface area contributed by atoms with Crippen molar-refractivity contribution in [3.05, 3.63) is 50.3 Å². The summed E-state index contributed by atoms with van der Waals surface area (Å²) in [5.41, 5.74) is 1.37. The van der Waals surface area contributed by atoms with Crippen LogP contribution in [0.25, 0.3) is 0 Å². The van der Waals surface area contributed by atoms with Gasteiger partial charge in [-0.1, -0.05) is 0 Å². The molecule has 0 saturated carbocycles. The summed E-state index contributed by atoms with van der Waals surface area (Å²) >= 11 is 1.79. The van der Waals surface area contributed by atoms with Crippen molar-refractivity contribution >= 4 is 22.8 Å². The van der Waals surface area contributed by atoms with E-state index in [9.17, 15) is 10.1 Å². The summed E-state index contributed by atoms with van der Waals surface area (Å²) in [5, 5.41) is 12.7. The maximum Gasteiger partial charge on any atom is 0.287 e. The van der Waals surface area contributed by atoms with Crippen LogP contribution in [0.1, 0.15) is 10.4 Å². The van der Waals surface area contributed by atoms with E-state index >= 15 is 0 Å². The van der Waals surface area contributed by atoms with Gasteiger partial charge in [0.05, 0.1) is 4.92 Å². The zero-order valence-electron chi connectivity index (χ0n) is 9.57. The van der Waals surface area contributed by atoms with Crippen LogP contribution in [0.5, 0.6) is 0 Å². The van der Waals surface area contributed by atoms with Gasteiger partial charge in [0.2, 0.25) is 0 Å². The summed E-state index contributed by atoms with van der Waals surface area (Å²) in [5.74, 6) is 0.803. The second-order valence-corrected chi connectivity index (χ2v) is 5.17. The Balaban J connectivity index is 1.82. The van der Waals surface area contributed by atoms with Crippen LogP contribution in [-0.2, 0) is 13.0 Å². The fourth-order valence-corrected chi connectivity index (χ4v) is 3.01. The van der Waals surface area contributed by atoms with Gasteiger partial charge in [0.25, 0.3) is 5.69 Å². The molecule has 0 saturated heterocycles. The number of rotatable bonds is 2. The van der Waals surface area contributed by atoms with Crippen molar-refractivity contribution in [3.63, 3.8) is 0 Å². The van der Waals surface area contributed by atoms with Crippen molar-refractivity contribution in [2.24, 2.45) is 0 Å². The monoisotopic (exact) mass is 261 g/mol. The molecule has 0 amide bonds. The molecule has 0 unspecified atom stereocenters. The van der Waals surface area contributed by atoms with E-state index in [1.54, 1.807) is 17.4 Å². The minimum Gasteiger partial charge on any atom is -0.352 e. The maximum absolute atomic E-state index is 10.6. The first-order valence-corrected chi connectivity index (χ1v) is 6.52. The predicted molar refractivity (Wildman–Crippen MR) is 70.0 cm³/mol. The predicted octanol–water partition coefficient (Wildman–Crippen LogP) is 2.61. The maximum atomic E-state index is 10.6. The Bertz CT molecular complexity index is 579. The highest BCUT2D eigenvalue weighted by molar-refractivity contribution is 7.10. The number of nitrogens with zero attached hydrogens (tertiary/aromatic N) is 3. The number of hydrogen-bond acceptors (Lipinski definition) is 5. The summed E-state index contributed by atoms with van der Waals surface area (Å²) in [6, 6.07) is 5.36. The molecule has 1 aliphatic heterocycles. The van der Waals surface area contributed by atoms with Crippen molar-refractivity contribution in [2.75, 3.05) is 11.4 Å². The van der Waals surface area contributed by atoms with E-state index in [0.717, 1.165) is 25.3 Å². The Kier molecular flexibility index (Phi) is 2.71. The summed E-state index contributed by atoms with van der Waals surface area (Å²) in [7, 11) is 0. The number of nitro groups is 1. The third-order valence-electron chi connectivity index (χ3n) is 3.07. The minimum atomic E-state index is -0.427. The number of fused-ring (bicyclic) bond motifs is 1. The standard InChI is InChI=1S/C12H11N3O2S/c16-15(17)10-1-2-12(13-7-10)14-5-3-11-9(8-14)4-6-18-11/h1-2,4,6-7H,3,5,8H2. The van der Waals surface area contributed by atoms with Gasteiger partial charge in [0.1, 0.15) is 12.0 Å². The fraction of sp³-hybridized carbons (Fsp3) is 0.250. The van der Waals surface area contributed by atoms with Crippen molar-refractivity contribution in [3.8, 4) is 0 Å². The number of thiophene rings is 1. The molecule has 1 aliphatic rings. The Labute approximate surface area is 108 Å². The number of pyridine rings is 1. The molecule has 0 aromatic carbocycles. The molecule has 6 heteroatoms. The Hall–Kier alpha value is -1.95. The van der Waals surface area contributed by atoms with E-state index in [0.29, 0.717) is 0 Å². The van der Waals surface area contributed by atoms with Gasteiger partial charge in [0.15, 0.2) is 0 Å². The fourth-order valence-electron chi connectivity index (χ4n) is 2.12. The molecule has 2 aromatic rings. The normalized spacial score (nSPS) is 14.3. The van der Waals surface area contributed by atoms with Gasteiger partial charge >= 0.3 is 0 Å². The summed E-state index contributed by atoms with van der Waals surface area (Å²) in [4.78, 5) is 17.9. The Morgan fingerprint density at radius 2 is 2.28 bits per heavy atom. The average Bonchev–Trinajstić information content (AvgIpc) is 2.86. The molecule has 92 valence electrons. The Morgan fingerprint density at radius 3 is 3.00 bits per heavy atom. The SMILES string of the molecule is O=[N+]([O-])c1ccc(N2CCc3sccc3C2)nc1. The molecule has 5 nitrogen and oxygen atoms in total. The first kappa shape index (κ1) is 11.2. The lowest BCUT2D eigenvalue weighted by Gasteiger charge is -2.27. The van der Waals surface area contributed by atoms with Crippen LogP contribution in [0, 0.1) is 10.1 Å². The summed E-state index contributed by atoms with van der Waals surface area (Å²) < 4.78 is 0. The molecule has 2 aromatic heterocycles. The molecule has 0 N–H and O–H groups in total. The van der Waals surface area contributed by atoms with Crippen LogP contribution in [0.15, 0.2) is 29.8 Å². The molecular formula is C12H11N3O2S. The van der Waals surface area contributed by atoms with Gasteiger partial charge in [-0.05, 0) is 29.5 Å². The number of anilines is 1. The summed E-state index contributed by atoms with van der Waals surface area (Å²) in [6.45, 7) is 1.75. The van der Waals surface area contributed by atoms with Gasteiger partial charge < -0.3 is 4.90 Å². The van der Waals surface area contributed by atoms with Gasteiger partial charge in [-0.25, -0.2) is 4.98 Å². The van der Waals surface area contributed by atoms with Crippen LogP contribution >= 0.6 is 11.3 Å². The second-order valence-electron chi connectivity index (χ2n) is 4.17. The van der Waals surface area contributed by atoms with E-state index in [1.165, 1.54) is 22.7 Å². The molecule has 0 bridgehead atoms. The third-order valence-corrected chi connectivity index (χ3v) is 4.10. The highest BCUT2D eigenvalue weighted by Crippen LogP contribution is 2.27. The highest BCUT2D eigenvalue weighted by Gasteiger charge is 2.18. The van der Waals surface area contributed by atoms with Crippen LogP contribution < -0.4 is 4.90 Å². The van der Waals surface area contributed by atoms with Crippen molar-refractivity contribution in [1.29, 1.82) is 0 Å². The smallest absolute Gasteiger partial charge is 0.287 e. The molecule has 0 atom stereocenters. The van der Waals surface area contributed by atoms with E-state index in [1.807, 2.05) is 0 Å². The van der Waals surface area contributed by atoms with Gasteiger partial charge in [-0.15, -0.1) is 11.3 Å². The quantitative estimate of drug-likeness (QED) is 0.616. The van der Waals surface area contributed by atoms with Crippen LogP contribution in [-0.4, -0.2) is 16.5 Å². The van der Waals surface area contributed by atoms with E-state index < -0.39 is 4.92 Å². The zero-order valence-corrected chi connectivity index (χ0v) is 10.4. The van der Waals surface area contributed by atoms with Gasteiger partial charge in [-0.2, -0.15) is 0 Å². The molecule has 0 radical (unpaired) electrons. The summed E-state index contributed by atoms with van der Waals surface area (Å²) in [6.07, 6.45) is 2.34. The van der Waals surface area contributed by atoms with Gasteiger partial charge in [-0.3, -0.25) is 10.1 Å². The molecule has 3 rings (SSSR count). The first-order valence-electron chi connectivity index (χ1n) is 5.64. The van der Waals surface area contributed by atoms with Crippen LogP contribution in [0.2, 0.25) is 0 Å². The highest BCUT2D eigenvalue weighted by atomic mass is 32.1. The van der Waals surface area contributed by atoms with E-state index in [-0.39, 0.29) is 5.69 Å². The largest absolute Gasteiger partial charge is 0.352 e. The topological polar surface area (TPSA) is 59.3 Å². The molecular weight excluding hydrogens is 250 g/mol. The molecule has 0 fully saturated rings. The second kappa shape index (κ2) is 4.38. The van der Waals surface area contributed by atoms with Crippen LogP contribution in [0.3, 0.4) is 0 Å². The minimum absolute atomic E-state index is 0.0342. The number of aromatic nitrogens is 1. The lowest BCUT2D eigenvalue weighted by molar-refractivity contribution is -0.385. The average molecular weight is 261 g/mol. The first-order chi connectivity index (χ1) is 8.74. The lowest BCUT2D eigenvalue weighted by atomic mass is 10.1. The van der Waals surface area contributed by atoms with Crippen molar-refractivity contribution in [2.45, 2.75) is 13.0 Å². The number of hydrogen-bond donors (Lipinski definition) is 0. The van der Waals surface area contributed by atoms with Crippen molar-refractivity contribution in [1.82, 2.24) is 4.98 Å². The molecule has 18 heavy (non-hydrogen) atoms. The van der Waals surface area contributed by atoms with Crippen LogP contribution in [0.4, 0.5) is 11.5 Å². The molecule has 0 spiro atoms. The van der Waals surface area contributed by atoms with Crippen molar-refractivity contribution < 1.29 is 4.92 Å². The lowest BCUT2D eigenvalue weighted by Crippen LogP contribution is -2.29. The molecule has 3 heterocycles. The van der Waals surface area contributed by atoms with Gasteiger partial charge in [0, 0.05) is 24.0 Å². The molecule has 0 aliphatic carbocycles.